The van der Waals surface area contributed by atoms with Gasteiger partial charge in [0.15, 0.2) is 0 Å². The molecule has 0 unspecified atom stereocenters. The van der Waals surface area contributed by atoms with Crippen molar-refractivity contribution in [1.29, 1.82) is 0 Å². The molecule has 0 radical (unpaired) electrons. The molecule has 0 aliphatic carbocycles. The Hall–Kier alpha value is -1.58. The van der Waals surface area contributed by atoms with Crippen LogP contribution >= 0.6 is 0 Å². The number of nitrogens with zero attached hydrogens (tertiary/aromatic N) is 2. The second-order valence-corrected chi connectivity index (χ2v) is 3.01. The van der Waals surface area contributed by atoms with Crippen molar-refractivity contribution in [3.05, 3.63) is 34.2 Å². The fourth-order valence-corrected chi connectivity index (χ4v) is 1.01. The summed E-state index contributed by atoms with van der Waals surface area (Å²) >= 11 is 0. The predicted octanol–water partition coefficient (Wildman–Crippen LogP) is 0.0871. The molecule has 0 saturated carbocycles. The van der Waals surface area contributed by atoms with E-state index in [1.807, 2.05) is 0 Å². The number of amides is 1. The van der Waals surface area contributed by atoms with Gasteiger partial charge in [0.05, 0.1) is 0 Å². The molecule has 1 rings (SSSR count). The molecule has 13 heavy (non-hydrogen) atoms. The third kappa shape index (κ3) is 1.77. The van der Waals surface area contributed by atoms with Gasteiger partial charge in [0, 0.05) is 27.2 Å². The number of carbonyl (C=O) groups is 1. The lowest BCUT2D eigenvalue weighted by Gasteiger charge is -2.12. The van der Waals surface area contributed by atoms with E-state index < -0.39 is 0 Å². The van der Waals surface area contributed by atoms with Gasteiger partial charge in [-0.1, -0.05) is 6.07 Å². The Labute approximate surface area is 76.4 Å². The summed E-state index contributed by atoms with van der Waals surface area (Å²) in [7, 11) is 4.89. The molecule has 0 aliphatic rings. The Morgan fingerprint density at radius 1 is 1.38 bits per heavy atom. The van der Waals surface area contributed by atoms with Gasteiger partial charge in [-0.25, -0.2) is 0 Å². The van der Waals surface area contributed by atoms with Crippen LogP contribution in [-0.4, -0.2) is 29.5 Å². The van der Waals surface area contributed by atoms with Crippen LogP contribution in [0.3, 0.4) is 0 Å². The molecule has 4 nitrogen and oxygen atoms in total. The summed E-state index contributed by atoms with van der Waals surface area (Å²) in [6, 6.07) is 4.63. The van der Waals surface area contributed by atoms with E-state index in [-0.39, 0.29) is 11.5 Å². The third-order valence-electron chi connectivity index (χ3n) is 1.81. The Kier molecular flexibility index (Phi) is 2.51. The minimum absolute atomic E-state index is 0.166. The van der Waals surface area contributed by atoms with Crippen LogP contribution in [0.15, 0.2) is 23.0 Å². The molecule has 0 atom stereocenters. The number of aromatic nitrogens is 1. The maximum atomic E-state index is 11.5. The van der Waals surface area contributed by atoms with Crippen molar-refractivity contribution < 1.29 is 4.79 Å². The van der Waals surface area contributed by atoms with Crippen LogP contribution in [-0.2, 0) is 7.05 Å². The Morgan fingerprint density at radius 3 is 2.54 bits per heavy atom. The van der Waals surface area contributed by atoms with Crippen molar-refractivity contribution in [1.82, 2.24) is 9.47 Å². The molecule has 0 spiro atoms. The quantitative estimate of drug-likeness (QED) is 0.614. The van der Waals surface area contributed by atoms with Crippen molar-refractivity contribution >= 4 is 5.91 Å². The van der Waals surface area contributed by atoms with E-state index in [1.54, 1.807) is 33.3 Å². The molecule has 1 aromatic rings. The topological polar surface area (TPSA) is 42.3 Å². The lowest BCUT2D eigenvalue weighted by molar-refractivity contribution is 0.0817. The van der Waals surface area contributed by atoms with Crippen LogP contribution < -0.4 is 5.56 Å². The standard InChI is InChI=1S/C9H12N2O2/c1-10(2)9(13)7-5-4-6-8(12)11(7)3/h4-6H,1-3H3. The highest BCUT2D eigenvalue weighted by atomic mass is 16.2. The maximum absolute atomic E-state index is 11.5. The van der Waals surface area contributed by atoms with E-state index in [0.717, 1.165) is 0 Å². The van der Waals surface area contributed by atoms with E-state index in [9.17, 15) is 9.59 Å². The van der Waals surface area contributed by atoms with Gasteiger partial charge in [0.2, 0.25) is 0 Å². The van der Waals surface area contributed by atoms with E-state index in [1.165, 1.54) is 15.5 Å². The number of hydrogen-bond acceptors (Lipinski definition) is 2. The highest BCUT2D eigenvalue weighted by molar-refractivity contribution is 5.92. The second kappa shape index (κ2) is 3.43. The minimum atomic E-state index is -0.173. The van der Waals surface area contributed by atoms with E-state index in [2.05, 4.69) is 0 Å². The van der Waals surface area contributed by atoms with Crippen LogP contribution in [0, 0.1) is 0 Å². The summed E-state index contributed by atoms with van der Waals surface area (Å²) in [6.45, 7) is 0. The molecule has 1 amide bonds. The van der Waals surface area contributed by atoms with Gasteiger partial charge >= 0.3 is 0 Å². The van der Waals surface area contributed by atoms with Gasteiger partial charge in [-0.05, 0) is 6.07 Å². The first-order chi connectivity index (χ1) is 6.04. The number of rotatable bonds is 1. The SMILES string of the molecule is CN(C)C(=O)c1cccc(=O)n1C. The molecule has 0 saturated heterocycles. The fraction of sp³-hybridized carbons (Fsp3) is 0.333. The van der Waals surface area contributed by atoms with Crippen LogP contribution in [0.2, 0.25) is 0 Å². The molecular weight excluding hydrogens is 168 g/mol. The van der Waals surface area contributed by atoms with E-state index in [0.29, 0.717) is 5.69 Å². The molecule has 0 N–H and O–H groups in total. The Balaban J connectivity index is 3.23. The van der Waals surface area contributed by atoms with Gasteiger partial charge < -0.3 is 9.47 Å². The zero-order valence-electron chi connectivity index (χ0n) is 7.94. The first kappa shape index (κ1) is 9.51. The van der Waals surface area contributed by atoms with Crippen molar-refractivity contribution in [2.75, 3.05) is 14.1 Å². The summed E-state index contributed by atoms with van der Waals surface area (Å²) in [6.07, 6.45) is 0. The lowest BCUT2D eigenvalue weighted by atomic mass is 10.3. The first-order valence-electron chi connectivity index (χ1n) is 3.91. The predicted molar refractivity (Wildman–Crippen MR) is 49.7 cm³/mol. The molecular formula is C9H12N2O2. The van der Waals surface area contributed by atoms with E-state index >= 15 is 0 Å². The van der Waals surface area contributed by atoms with Crippen LogP contribution in [0.1, 0.15) is 10.5 Å². The molecule has 1 heterocycles. The van der Waals surface area contributed by atoms with Gasteiger partial charge in [-0.3, -0.25) is 9.59 Å². The average molecular weight is 180 g/mol. The van der Waals surface area contributed by atoms with Crippen molar-refractivity contribution in [3.63, 3.8) is 0 Å². The van der Waals surface area contributed by atoms with Crippen LogP contribution in [0.5, 0.6) is 0 Å². The lowest BCUT2D eigenvalue weighted by Crippen LogP contribution is -2.29. The average Bonchev–Trinajstić information content (AvgIpc) is 2.08. The molecule has 0 fully saturated rings. The zero-order valence-corrected chi connectivity index (χ0v) is 7.94. The number of hydrogen-bond donors (Lipinski definition) is 0. The minimum Gasteiger partial charge on any atom is -0.343 e. The molecule has 0 aromatic carbocycles. The first-order valence-corrected chi connectivity index (χ1v) is 3.91. The summed E-state index contributed by atoms with van der Waals surface area (Å²) < 4.78 is 1.34. The van der Waals surface area contributed by atoms with Gasteiger partial charge in [0.1, 0.15) is 5.69 Å². The summed E-state index contributed by atoms with van der Waals surface area (Å²) in [5, 5.41) is 0. The summed E-state index contributed by atoms with van der Waals surface area (Å²) in [4.78, 5) is 24.1. The van der Waals surface area contributed by atoms with Gasteiger partial charge in [-0.2, -0.15) is 0 Å². The third-order valence-corrected chi connectivity index (χ3v) is 1.81. The zero-order chi connectivity index (χ0) is 10.0. The van der Waals surface area contributed by atoms with Crippen LogP contribution in [0.25, 0.3) is 0 Å². The van der Waals surface area contributed by atoms with Crippen LogP contribution in [0.4, 0.5) is 0 Å². The van der Waals surface area contributed by atoms with Crippen molar-refractivity contribution in [3.8, 4) is 0 Å². The monoisotopic (exact) mass is 180 g/mol. The molecule has 0 bridgehead atoms. The highest BCUT2D eigenvalue weighted by Gasteiger charge is 2.10. The van der Waals surface area contributed by atoms with Crippen molar-refractivity contribution in [2.45, 2.75) is 0 Å². The summed E-state index contributed by atoms with van der Waals surface area (Å²) in [5.74, 6) is -0.166. The number of pyridine rings is 1. The molecule has 1 aromatic heterocycles. The summed E-state index contributed by atoms with van der Waals surface area (Å²) in [5.41, 5.74) is 0.227. The highest BCUT2D eigenvalue weighted by Crippen LogP contribution is 1.97. The van der Waals surface area contributed by atoms with Gasteiger partial charge in [0.25, 0.3) is 11.5 Å². The molecule has 4 heteroatoms. The number of carbonyl (C=O) groups excluding carboxylic acids is 1. The molecule has 0 aliphatic heterocycles. The van der Waals surface area contributed by atoms with E-state index in [4.69, 9.17) is 0 Å². The molecule has 70 valence electrons. The maximum Gasteiger partial charge on any atom is 0.270 e. The normalized spacial score (nSPS) is 9.77. The Bertz CT molecular complexity index is 379. The van der Waals surface area contributed by atoms with Gasteiger partial charge in [-0.15, -0.1) is 0 Å². The fourth-order valence-electron chi connectivity index (χ4n) is 1.01. The van der Waals surface area contributed by atoms with Crippen molar-refractivity contribution in [2.24, 2.45) is 7.05 Å². The smallest absolute Gasteiger partial charge is 0.270 e. The Morgan fingerprint density at radius 2 is 2.00 bits per heavy atom. The largest absolute Gasteiger partial charge is 0.343 e. The second-order valence-electron chi connectivity index (χ2n) is 3.01.